The number of rotatable bonds is 7. The summed E-state index contributed by atoms with van der Waals surface area (Å²) in [6, 6.07) is 13.2. The Labute approximate surface area is 170 Å². The van der Waals surface area contributed by atoms with E-state index in [4.69, 9.17) is 4.74 Å². The second-order valence-electron chi connectivity index (χ2n) is 7.16. The van der Waals surface area contributed by atoms with E-state index in [2.05, 4.69) is 20.5 Å². The van der Waals surface area contributed by atoms with Gasteiger partial charge in [-0.15, -0.1) is 0 Å². The number of hydrogen-bond donors (Lipinski definition) is 2. The number of amides is 1. The Kier molecular flexibility index (Phi) is 5.54. The fourth-order valence-corrected chi connectivity index (χ4v) is 2.96. The van der Waals surface area contributed by atoms with E-state index in [0.29, 0.717) is 24.3 Å². The van der Waals surface area contributed by atoms with E-state index in [9.17, 15) is 18.0 Å². The number of anilines is 1. The quantitative estimate of drug-likeness (QED) is 0.590. The van der Waals surface area contributed by atoms with Gasteiger partial charge in [-0.1, -0.05) is 18.2 Å². The highest BCUT2D eigenvalue weighted by Crippen LogP contribution is 2.33. The second kappa shape index (κ2) is 8.27. The highest BCUT2D eigenvalue weighted by molar-refractivity contribution is 6.02. The zero-order chi connectivity index (χ0) is 21.1. The van der Waals surface area contributed by atoms with Gasteiger partial charge in [0.15, 0.2) is 5.69 Å². The number of carbonyl (C=O) groups excluding carboxylic acids is 1. The molecular formula is C21H19F3N4O2. The maximum absolute atomic E-state index is 12.7. The van der Waals surface area contributed by atoms with Crippen LogP contribution in [0.5, 0.6) is 0 Å². The molecule has 0 radical (unpaired) electrons. The van der Waals surface area contributed by atoms with Gasteiger partial charge < -0.3 is 10.1 Å². The van der Waals surface area contributed by atoms with Crippen molar-refractivity contribution in [3.05, 3.63) is 77.4 Å². The zero-order valence-electron chi connectivity index (χ0n) is 15.8. The summed E-state index contributed by atoms with van der Waals surface area (Å²) < 4.78 is 44.2. The van der Waals surface area contributed by atoms with Crippen molar-refractivity contribution in [1.29, 1.82) is 0 Å². The Morgan fingerprint density at radius 3 is 2.70 bits per heavy atom. The lowest BCUT2D eigenvalue weighted by molar-refractivity contribution is -0.141. The molecule has 1 aliphatic carbocycles. The van der Waals surface area contributed by atoms with Crippen molar-refractivity contribution in [3.8, 4) is 0 Å². The highest BCUT2D eigenvalue weighted by atomic mass is 19.4. The predicted molar refractivity (Wildman–Crippen MR) is 103 cm³/mol. The molecule has 1 aromatic carbocycles. The third kappa shape index (κ3) is 4.85. The lowest BCUT2D eigenvalue weighted by Crippen LogP contribution is -2.14. The van der Waals surface area contributed by atoms with E-state index in [0.717, 1.165) is 24.1 Å². The minimum atomic E-state index is -4.62. The van der Waals surface area contributed by atoms with Crippen LogP contribution in [0.25, 0.3) is 0 Å². The summed E-state index contributed by atoms with van der Waals surface area (Å²) in [5.74, 6) is -0.161. The van der Waals surface area contributed by atoms with Gasteiger partial charge >= 0.3 is 6.18 Å². The van der Waals surface area contributed by atoms with Gasteiger partial charge in [-0.2, -0.15) is 18.3 Å². The highest BCUT2D eigenvalue weighted by Gasteiger charge is 2.34. The van der Waals surface area contributed by atoms with E-state index >= 15 is 0 Å². The summed E-state index contributed by atoms with van der Waals surface area (Å²) >= 11 is 0. The number of nitrogens with zero attached hydrogens (tertiary/aromatic N) is 2. The molecule has 30 heavy (non-hydrogen) atoms. The largest absolute Gasteiger partial charge is 0.435 e. The molecule has 0 spiro atoms. The van der Waals surface area contributed by atoms with Gasteiger partial charge in [0.25, 0.3) is 5.91 Å². The lowest BCUT2D eigenvalue weighted by atomic mass is 10.0. The fraction of sp³-hybridized carbons (Fsp3) is 0.286. The molecule has 1 saturated carbocycles. The number of carbonyl (C=O) groups is 1. The van der Waals surface area contributed by atoms with Crippen molar-refractivity contribution in [2.45, 2.75) is 25.1 Å². The molecule has 1 atom stereocenters. The number of ether oxygens (including phenoxy) is 1. The number of benzene rings is 1. The SMILES string of the molecule is O=C(Nc1cccc(C(OCC2CC2)c2ccccn2)c1)c1cc(C(F)(F)F)n[nH]1. The first-order valence-electron chi connectivity index (χ1n) is 9.46. The molecule has 1 fully saturated rings. The van der Waals surface area contributed by atoms with Crippen LogP contribution in [0.4, 0.5) is 18.9 Å². The Morgan fingerprint density at radius 1 is 1.20 bits per heavy atom. The molecule has 3 aromatic rings. The maximum Gasteiger partial charge on any atom is 0.435 e. The molecule has 1 aliphatic rings. The van der Waals surface area contributed by atoms with Crippen molar-refractivity contribution in [2.24, 2.45) is 5.92 Å². The Balaban J connectivity index is 1.52. The lowest BCUT2D eigenvalue weighted by Gasteiger charge is -2.19. The summed E-state index contributed by atoms with van der Waals surface area (Å²) in [6.07, 6.45) is -1.05. The standard InChI is InChI=1S/C21H19F3N4O2/c22-21(23,24)18-11-17(27-28-18)20(29)26-15-5-3-4-14(10-15)19(30-12-13-7-8-13)16-6-1-2-9-25-16/h1-6,9-11,13,19H,7-8,12H2,(H,26,29)(H,27,28). The zero-order valence-corrected chi connectivity index (χ0v) is 15.8. The third-order valence-corrected chi connectivity index (χ3v) is 4.71. The van der Waals surface area contributed by atoms with Gasteiger partial charge in [-0.3, -0.25) is 14.9 Å². The maximum atomic E-state index is 12.7. The smallest absolute Gasteiger partial charge is 0.367 e. The number of hydrogen-bond acceptors (Lipinski definition) is 4. The van der Waals surface area contributed by atoms with Gasteiger partial charge in [0, 0.05) is 18.0 Å². The Morgan fingerprint density at radius 2 is 2.03 bits per heavy atom. The molecule has 2 heterocycles. The molecule has 9 heteroatoms. The molecule has 2 N–H and O–H groups in total. The third-order valence-electron chi connectivity index (χ3n) is 4.71. The fourth-order valence-electron chi connectivity index (χ4n) is 2.96. The Bertz CT molecular complexity index is 1020. The molecule has 1 unspecified atom stereocenters. The summed E-state index contributed by atoms with van der Waals surface area (Å²) in [5, 5.41) is 7.86. The summed E-state index contributed by atoms with van der Waals surface area (Å²) in [7, 11) is 0. The molecule has 6 nitrogen and oxygen atoms in total. The molecular weight excluding hydrogens is 397 g/mol. The van der Waals surface area contributed by atoms with Gasteiger partial charge in [-0.05, 0) is 48.6 Å². The first kappa shape index (κ1) is 20.1. The van der Waals surface area contributed by atoms with E-state index in [-0.39, 0.29) is 5.69 Å². The van der Waals surface area contributed by atoms with Gasteiger partial charge in [0.2, 0.25) is 0 Å². The van der Waals surface area contributed by atoms with Crippen LogP contribution in [0.3, 0.4) is 0 Å². The topological polar surface area (TPSA) is 79.9 Å². The van der Waals surface area contributed by atoms with Crippen molar-refractivity contribution in [1.82, 2.24) is 15.2 Å². The average Bonchev–Trinajstić information content (AvgIpc) is 3.40. The molecule has 4 rings (SSSR count). The molecule has 1 amide bonds. The number of nitrogens with one attached hydrogen (secondary N) is 2. The van der Waals surface area contributed by atoms with Crippen molar-refractivity contribution in [2.75, 3.05) is 11.9 Å². The van der Waals surface area contributed by atoms with Gasteiger partial charge in [-0.25, -0.2) is 0 Å². The molecule has 0 saturated heterocycles. The van der Waals surface area contributed by atoms with E-state index < -0.39 is 23.9 Å². The first-order chi connectivity index (χ1) is 14.4. The van der Waals surface area contributed by atoms with Crippen molar-refractivity contribution in [3.63, 3.8) is 0 Å². The van der Waals surface area contributed by atoms with E-state index in [1.807, 2.05) is 24.3 Å². The number of alkyl halides is 3. The molecule has 0 bridgehead atoms. The molecule has 0 aliphatic heterocycles. The predicted octanol–water partition coefficient (Wildman–Crippen LogP) is 4.59. The van der Waals surface area contributed by atoms with Gasteiger partial charge in [0.05, 0.1) is 12.3 Å². The first-order valence-corrected chi connectivity index (χ1v) is 9.46. The summed E-state index contributed by atoms with van der Waals surface area (Å²) in [4.78, 5) is 16.7. The summed E-state index contributed by atoms with van der Waals surface area (Å²) in [5.41, 5.74) is 0.526. The number of H-pyrrole nitrogens is 1. The molecule has 156 valence electrons. The van der Waals surface area contributed by atoms with Crippen LogP contribution < -0.4 is 5.32 Å². The van der Waals surface area contributed by atoms with E-state index in [1.54, 1.807) is 24.4 Å². The molecule has 2 aromatic heterocycles. The average molecular weight is 416 g/mol. The number of halogens is 3. The number of aromatic amines is 1. The van der Waals surface area contributed by atoms with Crippen molar-refractivity contribution >= 4 is 11.6 Å². The van der Waals surface area contributed by atoms with Crippen LogP contribution in [0.2, 0.25) is 0 Å². The van der Waals surface area contributed by atoms with Crippen LogP contribution in [0.15, 0.2) is 54.7 Å². The summed E-state index contributed by atoms with van der Waals surface area (Å²) in [6.45, 7) is 0.617. The number of pyridine rings is 1. The number of aromatic nitrogens is 3. The van der Waals surface area contributed by atoms with Crippen LogP contribution in [-0.2, 0) is 10.9 Å². The van der Waals surface area contributed by atoms with Gasteiger partial charge in [0.1, 0.15) is 11.8 Å². The Hall–Kier alpha value is -3.20. The van der Waals surface area contributed by atoms with Crippen molar-refractivity contribution < 1.29 is 22.7 Å². The van der Waals surface area contributed by atoms with Crippen LogP contribution in [0, 0.1) is 5.92 Å². The minimum absolute atomic E-state index is 0.279. The van der Waals surface area contributed by atoms with Crippen LogP contribution in [0.1, 0.15) is 46.4 Å². The van der Waals surface area contributed by atoms with Crippen LogP contribution in [-0.4, -0.2) is 27.7 Å². The van der Waals surface area contributed by atoms with E-state index in [1.165, 1.54) is 0 Å². The monoisotopic (exact) mass is 416 g/mol. The van der Waals surface area contributed by atoms with Crippen LogP contribution >= 0.6 is 0 Å². The second-order valence-corrected chi connectivity index (χ2v) is 7.16. The minimum Gasteiger partial charge on any atom is -0.367 e. The normalized spacial score (nSPS) is 15.0.